The summed E-state index contributed by atoms with van der Waals surface area (Å²) >= 11 is 0. The summed E-state index contributed by atoms with van der Waals surface area (Å²) in [5.41, 5.74) is 2.37. The summed E-state index contributed by atoms with van der Waals surface area (Å²) in [5, 5.41) is 0. The average Bonchev–Trinajstić information content (AvgIpc) is 3.17. The number of aromatic nitrogens is 2. The highest BCUT2D eigenvalue weighted by atomic mass is 19.1. The number of carbonyl (C=O) groups is 1. The van der Waals surface area contributed by atoms with E-state index >= 15 is 0 Å². The van der Waals surface area contributed by atoms with Gasteiger partial charge in [0, 0.05) is 30.5 Å². The summed E-state index contributed by atoms with van der Waals surface area (Å²) in [5.74, 6) is 1.69. The minimum Gasteiger partial charge on any atom is -0.493 e. The van der Waals surface area contributed by atoms with Crippen molar-refractivity contribution in [2.45, 2.75) is 26.3 Å². The van der Waals surface area contributed by atoms with E-state index in [0.717, 1.165) is 12.0 Å². The lowest BCUT2D eigenvalue weighted by Gasteiger charge is -2.20. The molecule has 2 aromatic carbocycles. The van der Waals surface area contributed by atoms with Gasteiger partial charge >= 0.3 is 0 Å². The van der Waals surface area contributed by atoms with Crippen LogP contribution in [0.5, 0.6) is 17.4 Å². The quantitative estimate of drug-likeness (QED) is 0.484. The van der Waals surface area contributed by atoms with Gasteiger partial charge in [0.2, 0.25) is 12.7 Å². The number of amides is 1. The van der Waals surface area contributed by atoms with Gasteiger partial charge in [0.05, 0.1) is 30.1 Å². The molecule has 0 radical (unpaired) electrons. The minimum absolute atomic E-state index is 0.0000890. The highest BCUT2D eigenvalue weighted by Gasteiger charge is 2.35. The summed E-state index contributed by atoms with van der Waals surface area (Å²) in [7, 11) is 1.52. The van der Waals surface area contributed by atoms with Gasteiger partial charge in [-0.15, -0.1) is 0 Å². The maximum Gasteiger partial charge on any atom is 0.256 e. The second-order valence-electron chi connectivity index (χ2n) is 8.72. The van der Waals surface area contributed by atoms with Crippen LogP contribution < -0.4 is 14.2 Å². The summed E-state index contributed by atoms with van der Waals surface area (Å²) in [6.45, 7) is 4.44. The molecule has 3 aromatic rings. The highest BCUT2D eigenvalue weighted by molar-refractivity contribution is 6.03. The number of rotatable bonds is 6. The van der Waals surface area contributed by atoms with Crippen molar-refractivity contribution in [3.05, 3.63) is 59.7 Å². The zero-order valence-corrected chi connectivity index (χ0v) is 19.7. The topological polar surface area (TPSA) is 86.1 Å². The number of fused-ring (bicyclic) bond motifs is 2. The van der Waals surface area contributed by atoms with Crippen molar-refractivity contribution in [3.8, 4) is 28.6 Å². The van der Waals surface area contributed by atoms with Crippen LogP contribution in [0, 0.1) is 18.7 Å². The van der Waals surface area contributed by atoms with Gasteiger partial charge < -0.3 is 19.1 Å². The van der Waals surface area contributed by atoms with E-state index < -0.39 is 0 Å². The Labute approximate surface area is 202 Å². The molecule has 180 valence electrons. The van der Waals surface area contributed by atoms with Gasteiger partial charge in [0.1, 0.15) is 11.6 Å². The molecule has 1 amide bonds. The van der Waals surface area contributed by atoms with Crippen molar-refractivity contribution in [1.82, 2.24) is 14.9 Å². The molecule has 35 heavy (non-hydrogen) atoms. The minimum atomic E-state index is -0.319. The normalized spacial score (nSPS) is 18.6. The van der Waals surface area contributed by atoms with Gasteiger partial charge in [-0.1, -0.05) is 6.92 Å². The second-order valence-corrected chi connectivity index (χ2v) is 8.72. The first-order valence-electron chi connectivity index (χ1n) is 11.4. The number of aryl methyl sites for hydroxylation is 1. The van der Waals surface area contributed by atoms with Gasteiger partial charge in [-0.05, 0) is 49.6 Å². The van der Waals surface area contributed by atoms with Crippen LogP contribution in [0.2, 0.25) is 0 Å². The van der Waals surface area contributed by atoms with Crippen molar-refractivity contribution in [2.75, 3.05) is 20.4 Å². The molecule has 0 bridgehead atoms. The Balaban J connectivity index is 1.33. The molecule has 5 rings (SSSR count). The molecule has 3 heterocycles. The van der Waals surface area contributed by atoms with Crippen molar-refractivity contribution in [1.29, 1.82) is 0 Å². The molecule has 0 N–H and O–H groups in total. The van der Waals surface area contributed by atoms with Gasteiger partial charge in [0.15, 0.2) is 11.5 Å². The molecule has 8 nitrogen and oxygen atoms in total. The van der Waals surface area contributed by atoms with E-state index in [-0.39, 0.29) is 24.6 Å². The molecule has 0 aliphatic carbocycles. The van der Waals surface area contributed by atoms with E-state index in [1.807, 2.05) is 11.1 Å². The van der Waals surface area contributed by atoms with Crippen LogP contribution in [0.1, 0.15) is 29.5 Å². The molecule has 2 atom stereocenters. The number of nitrogens with zero attached hydrogens (tertiary/aromatic N) is 4. The summed E-state index contributed by atoms with van der Waals surface area (Å²) < 4.78 is 30.3. The summed E-state index contributed by atoms with van der Waals surface area (Å²) in [6, 6.07) is 11.0. The number of carbonyl (C=O) groups excluding carboxylic acids is 1. The Morgan fingerprint density at radius 2 is 1.89 bits per heavy atom. The van der Waals surface area contributed by atoms with E-state index in [2.05, 4.69) is 21.9 Å². The van der Waals surface area contributed by atoms with Crippen LogP contribution in [0.3, 0.4) is 0 Å². The van der Waals surface area contributed by atoms with Crippen LogP contribution >= 0.6 is 0 Å². The third-order valence-electron chi connectivity index (χ3n) is 6.09. The van der Waals surface area contributed by atoms with Crippen LogP contribution in [-0.4, -0.2) is 53.5 Å². The number of methoxy groups -OCH3 is 1. The fraction of sp³-hybridized carbons (Fsp3) is 0.308. The SMILES string of the molecule is COc1cc2c(cc1OCOc1cc(-c3ccc(F)cc3)nc(C)n1)N=C[C@@H]1CC(C)CN1C2=O. The van der Waals surface area contributed by atoms with Crippen LogP contribution in [0.25, 0.3) is 11.3 Å². The van der Waals surface area contributed by atoms with Gasteiger partial charge in [-0.2, -0.15) is 4.98 Å². The smallest absolute Gasteiger partial charge is 0.256 e. The number of ether oxygens (including phenoxy) is 3. The Bertz CT molecular complexity index is 1300. The Morgan fingerprint density at radius 3 is 2.66 bits per heavy atom. The van der Waals surface area contributed by atoms with Crippen LogP contribution in [0.4, 0.5) is 10.1 Å². The molecular weight excluding hydrogens is 451 g/mol. The maximum atomic E-state index is 13.3. The third-order valence-corrected chi connectivity index (χ3v) is 6.09. The van der Waals surface area contributed by atoms with Gasteiger partial charge in [-0.3, -0.25) is 9.79 Å². The monoisotopic (exact) mass is 476 g/mol. The van der Waals surface area contributed by atoms with Crippen molar-refractivity contribution in [3.63, 3.8) is 0 Å². The number of hydrogen-bond donors (Lipinski definition) is 0. The van der Waals surface area contributed by atoms with Gasteiger partial charge in [-0.25, -0.2) is 9.37 Å². The lowest BCUT2D eigenvalue weighted by molar-refractivity contribution is 0.0770. The van der Waals surface area contributed by atoms with E-state index in [0.29, 0.717) is 52.6 Å². The van der Waals surface area contributed by atoms with Crippen molar-refractivity contribution < 1.29 is 23.4 Å². The second kappa shape index (κ2) is 9.32. The average molecular weight is 477 g/mol. The Morgan fingerprint density at radius 1 is 1.09 bits per heavy atom. The molecule has 1 unspecified atom stereocenters. The molecule has 2 aliphatic heterocycles. The first-order chi connectivity index (χ1) is 16.9. The Hall–Kier alpha value is -4.01. The molecule has 2 aliphatic rings. The lowest BCUT2D eigenvalue weighted by atomic mass is 10.1. The molecule has 1 aromatic heterocycles. The van der Waals surface area contributed by atoms with Crippen LogP contribution in [-0.2, 0) is 0 Å². The molecule has 0 spiro atoms. The summed E-state index contributed by atoms with van der Waals surface area (Å²) in [6.07, 6.45) is 2.73. The zero-order valence-electron chi connectivity index (χ0n) is 19.7. The van der Waals surface area contributed by atoms with Crippen LogP contribution in [0.15, 0.2) is 47.5 Å². The first-order valence-corrected chi connectivity index (χ1v) is 11.4. The largest absolute Gasteiger partial charge is 0.493 e. The fourth-order valence-corrected chi connectivity index (χ4v) is 4.42. The first kappa shape index (κ1) is 22.8. The van der Waals surface area contributed by atoms with E-state index in [4.69, 9.17) is 14.2 Å². The van der Waals surface area contributed by atoms with Crippen molar-refractivity contribution in [2.24, 2.45) is 10.9 Å². The predicted octanol–water partition coefficient (Wildman–Crippen LogP) is 4.58. The number of hydrogen-bond acceptors (Lipinski definition) is 7. The molecular formula is C26H25FN4O4. The van der Waals surface area contributed by atoms with E-state index in [9.17, 15) is 9.18 Å². The predicted molar refractivity (Wildman–Crippen MR) is 128 cm³/mol. The molecule has 1 saturated heterocycles. The molecule has 1 fully saturated rings. The van der Waals surface area contributed by atoms with Gasteiger partial charge in [0.25, 0.3) is 5.91 Å². The molecule has 9 heteroatoms. The summed E-state index contributed by atoms with van der Waals surface area (Å²) in [4.78, 5) is 28.2. The third kappa shape index (κ3) is 4.66. The standard InChI is InChI=1S/C26H25FN4O4/c1-15-8-19-12-28-22-10-24(23(33-3)9-20(22)26(32)31(19)13-15)34-14-35-25-11-21(29-16(2)30-25)17-4-6-18(27)7-5-17/h4-7,9-12,15,19H,8,13-14H2,1-3H3/t15?,19-/m0/s1. The molecule has 0 saturated carbocycles. The van der Waals surface area contributed by atoms with E-state index in [1.165, 1.54) is 19.2 Å². The number of aliphatic imine (C=N–C) groups is 1. The number of halogens is 1. The maximum absolute atomic E-state index is 13.3. The highest BCUT2D eigenvalue weighted by Crippen LogP contribution is 2.38. The van der Waals surface area contributed by atoms with E-state index in [1.54, 1.807) is 37.3 Å². The Kier molecular flexibility index (Phi) is 6.07. The van der Waals surface area contributed by atoms with Crippen molar-refractivity contribution >= 4 is 17.8 Å². The zero-order chi connectivity index (χ0) is 24.5. The number of benzene rings is 2. The fourth-order valence-electron chi connectivity index (χ4n) is 4.42. The lowest BCUT2D eigenvalue weighted by Crippen LogP contribution is -2.35.